The van der Waals surface area contributed by atoms with Gasteiger partial charge in [-0.15, -0.1) is 0 Å². The molecule has 0 saturated carbocycles. The third kappa shape index (κ3) is 4.50. The average molecular weight is 358 g/mol. The monoisotopic (exact) mass is 358 g/mol. The van der Waals surface area contributed by atoms with Crippen molar-refractivity contribution < 1.29 is 14.3 Å². The van der Waals surface area contributed by atoms with Crippen LogP contribution in [0.25, 0.3) is 0 Å². The Balaban J connectivity index is 1.98. The van der Waals surface area contributed by atoms with Crippen LogP contribution in [0, 0.1) is 0 Å². The zero-order chi connectivity index (χ0) is 19.1. The van der Waals surface area contributed by atoms with Gasteiger partial charge in [-0.3, -0.25) is 4.79 Å². The molecular formula is C24H22O3. The SMILES string of the molecule is CCOC(=O)c1ccccc1CC(C(=O)c1ccccc1)c1ccccc1. The van der Waals surface area contributed by atoms with Crippen molar-refractivity contribution in [3.8, 4) is 0 Å². The number of carbonyl (C=O) groups excluding carboxylic acids is 2. The summed E-state index contributed by atoms with van der Waals surface area (Å²) in [4.78, 5) is 25.6. The molecule has 0 radical (unpaired) electrons. The minimum atomic E-state index is -0.371. The lowest BCUT2D eigenvalue weighted by Gasteiger charge is -2.18. The van der Waals surface area contributed by atoms with E-state index in [1.807, 2.05) is 78.9 Å². The molecule has 136 valence electrons. The predicted octanol–water partition coefficient (Wildman–Crippen LogP) is 5.07. The second-order valence-electron chi connectivity index (χ2n) is 6.28. The molecule has 3 heteroatoms. The van der Waals surface area contributed by atoms with Gasteiger partial charge in [-0.05, 0) is 30.5 Å². The molecule has 1 unspecified atom stereocenters. The van der Waals surface area contributed by atoms with Crippen LogP contribution in [-0.4, -0.2) is 18.4 Å². The standard InChI is InChI=1S/C24H22O3/c1-2-27-24(26)21-16-10-9-15-20(21)17-22(18-11-5-3-6-12-18)23(25)19-13-7-4-8-14-19/h3-16,22H,2,17H2,1H3. The summed E-state index contributed by atoms with van der Waals surface area (Å²) in [6.45, 7) is 2.10. The second-order valence-corrected chi connectivity index (χ2v) is 6.28. The van der Waals surface area contributed by atoms with Crippen LogP contribution < -0.4 is 0 Å². The van der Waals surface area contributed by atoms with E-state index >= 15 is 0 Å². The number of benzene rings is 3. The van der Waals surface area contributed by atoms with Crippen molar-refractivity contribution in [3.63, 3.8) is 0 Å². The lowest BCUT2D eigenvalue weighted by molar-refractivity contribution is 0.0524. The smallest absolute Gasteiger partial charge is 0.338 e. The number of carbonyl (C=O) groups is 2. The van der Waals surface area contributed by atoms with Gasteiger partial charge in [0.15, 0.2) is 5.78 Å². The number of ketones is 1. The van der Waals surface area contributed by atoms with E-state index in [4.69, 9.17) is 4.74 Å². The molecule has 27 heavy (non-hydrogen) atoms. The Morgan fingerprint density at radius 3 is 2.07 bits per heavy atom. The summed E-state index contributed by atoms with van der Waals surface area (Å²) >= 11 is 0. The number of esters is 1. The molecule has 0 saturated heterocycles. The van der Waals surface area contributed by atoms with Crippen molar-refractivity contribution in [2.45, 2.75) is 19.3 Å². The third-order valence-electron chi connectivity index (χ3n) is 4.51. The van der Waals surface area contributed by atoms with Crippen molar-refractivity contribution >= 4 is 11.8 Å². The number of rotatable bonds is 7. The van der Waals surface area contributed by atoms with Crippen LogP contribution in [0.3, 0.4) is 0 Å². The Bertz CT molecular complexity index is 901. The first kappa shape index (κ1) is 18.6. The minimum absolute atomic E-state index is 0.0421. The summed E-state index contributed by atoms with van der Waals surface area (Å²) in [6, 6.07) is 26.3. The molecule has 3 aromatic carbocycles. The van der Waals surface area contributed by atoms with Gasteiger partial charge >= 0.3 is 5.97 Å². The molecule has 0 heterocycles. The van der Waals surface area contributed by atoms with E-state index in [0.29, 0.717) is 24.2 Å². The first-order valence-corrected chi connectivity index (χ1v) is 9.10. The quantitative estimate of drug-likeness (QED) is 0.437. The highest BCUT2D eigenvalue weighted by Gasteiger charge is 2.24. The summed E-state index contributed by atoms with van der Waals surface area (Å²) in [6.07, 6.45) is 0.437. The van der Waals surface area contributed by atoms with Gasteiger partial charge in [0, 0.05) is 5.56 Å². The van der Waals surface area contributed by atoms with Gasteiger partial charge in [0.2, 0.25) is 0 Å². The molecule has 0 aliphatic carbocycles. The molecule has 1 atom stereocenters. The van der Waals surface area contributed by atoms with E-state index < -0.39 is 0 Å². The molecule has 0 aliphatic heterocycles. The van der Waals surface area contributed by atoms with Crippen molar-refractivity contribution in [1.82, 2.24) is 0 Å². The summed E-state index contributed by atoms with van der Waals surface area (Å²) in [5.74, 6) is -0.684. The maximum atomic E-state index is 13.2. The van der Waals surface area contributed by atoms with Gasteiger partial charge in [-0.25, -0.2) is 4.79 Å². The fourth-order valence-electron chi connectivity index (χ4n) is 3.18. The third-order valence-corrected chi connectivity index (χ3v) is 4.51. The second kappa shape index (κ2) is 8.95. The van der Waals surface area contributed by atoms with Crippen LogP contribution in [0.1, 0.15) is 44.7 Å². The molecule has 0 N–H and O–H groups in total. The summed E-state index contributed by atoms with van der Waals surface area (Å²) in [5.41, 5.74) is 2.93. The van der Waals surface area contributed by atoms with Crippen molar-refractivity contribution in [2.24, 2.45) is 0 Å². The summed E-state index contributed by atoms with van der Waals surface area (Å²) in [7, 11) is 0. The lowest BCUT2D eigenvalue weighted by atomic mass is 9.84. The Morgan fingerprint density at radius 2 is 1.41 bits per heavy atom. The molecular weight excluding hydrogens is 336 g/mol. The Morgan fingerprint density at radius 1 is 0.815 bits per heavy atom. The molecule has 3 aromatic rings. The van der Waals surface area contributed by atoms with Crippen LogP contribution >= 0.6 is 0 Å². The van der Waals surface area contributed by atoms with Gasteiger partial charge < -0.3 is 4.74 Å². The molecule has 3 rings (SSSR count). The first-order valence-electron chi connectivity index (χ1n) is 9.10. The topological polar surface area (TPSA) is 43.4 Å². The number of ether oxygens (including phenoxy) is 1. The van der Waals surface area contributed by atoms with Crippen LogP contribution in [0.15, 0.2) is 84.9 Å². The molecule has 0 amide bonds. The van der Waals surface area contributed by atoms with E-state index in [-0.39, 0.29) is 17.7 Å². The number of Topliss-reactive ketones (excluding diaryl/α,β-unsaturated/α-hetero) is 1. The normalized spacial score (nSPS) is 11.6. The van der Waals surface area contributed by atoms with Gasteiger partial charge in [0.1, 0.15) is 0 Å². The van der Waals surface area contributed by atoms with E-state index in [9.17, 15) is 9.59 Å². The Kier molecular flexibility index (Phi) is 6.16. The summed E-state index contributed by atoms with van der Waals surface area (Å²) in [5, 5.41) is 0. The highest BCUT2D eigenvalue weighted by atomic mass is 16.5. The predicted molar refractivity (Wildman–Crippen MR) is 106 cm³/mol. The Labute approximate surface area is 159 Å². The number of hydrogen-bond acceptors (Lipinski definition) is 3. The molecule has 3 nitrogen and oxygen atoms in total. The fraction of sp³-hybridized carbons (Fsp3) is 0.167. The van der Waals surface area contributed by atoms with Gasteiger partial charge in [0.25, 0.3) is 0 Å². The molecule has 0 bridgehead atoms. The van der Waals surface area contributed by atoms with Crippen molar-refractivity contribution in [2.75, 3.05) is 6.61 Å². The molecule has 0 fully saturated rings. The Hall–Kier alpha value is -3.20. The molecule has 0 spiro atoms. The zero-order valence-electron chi connectivity index (χ0n) is 15.3. The van der Waals surface area contributed by atoms with Gasteiger partial charge in [-0.2, -0.15) is 0 Å². The van der Waals surface area contributed by atoms with E-state index in [1.54, 1.807) is 13.0 Å². The van der Waals surface area contributed by atoms with Gasteiger partial charge in [0.05, 0.1) is 18.1 Å². The number of hydrogen-bond donors (Lipinski definition) is 0. The zero-order valence-corrected chi connectivity index (χ0v) is 15.3. The van der Waals surface area contributed by atoms with Crippen LogP contribution in [0.2, 0.25) is 0 Å². The van der Waals surface area contributed by atoms with Crippen molar-refractivity contribution in [1.29, 1.82) is 0 Å². The van der Waals surface area contributed by atoms with E-state index in [2.05, 4.69) is 0 Å². The van der Waals surface area contributed by atoms with Gasteiger partial charge in [-0.1, -0.05) is 78.9 Å². The maximum Gasteiger partial charge on any atom is 0.338 e. The highest BCUT2D eigenvalue weighted by Crippen LogP contribution is 2.27. The summed E-state index contributed by atoms with van der Waals surface area (Å²) < 4.78 is 5.18. The van der Waals surface area contributed by atoms with E-state index in [0.717, 1.165) is 11.1 Å². The fourth-order valence-corrected chi connectivity index (χ4v) is 3.18. The largest absolute Gasteiger partial charge is 0.462 e. The first-order chi connectivity index (χ1) is 13.2. The molecule has 0 aliphatic rings. The average Bonchev–Trinajstić information content (AvgIpc) is 2.73. The van der Waals surface area contributed by atoms with Crippen LogP contribution in [0.5, 0.6) is 0 Å². The van der Waals surface area contributed by atoms with Crippen LogP contribution in [0.4, 0.5) is 0 Å². The highest BCUT2D eigenvalue weighted by molar-refractivity contribution is 6.01. The molecule has 0 aromatic heterocycles. The lowest BCUT2D eigenvalue weighted by Crippen LogP contribution is -2.18. The van der Waals surface area contributed by atoms with E-state index in [1.165, 1.54) is 0 Å². The minimum Gasteiger partial charge on any atom is -0.462 e. The van der Waals surface area contributed by atoms with Crippen molar-refractivity contribution in [3.05, 3.63) is 107 Å². The maximum absolute atomic E-state index is 13.2. The van der Waals surface area contributed by atoms with Crippen LogP contribution in [-0.2, 0) is 11.2 Å².